The minimum absolute atomic E-state index is 0.183. The first-order valence-electron chi connectivity index (χ1n) is 10.1. The summed E-state index contributed by atoms with van der Waals surface area (Å²) >= 11 is 0. The maximum atomic E-state index is 12.3. The summed E-state index contributed by atoms with van der Waals surface area (Å²) in [7, 11) is 2.97. The summed E-state index contributed by atoms with van der Waals surface area (Å²) in [4.78, 5) is 21.1. The van der Waals surface area contributed by atoms with Gasteiger partial charge < -0.3 is 29.3 Å². The highest BCUT2D eigenvalue weighted by Gasteiger charge is 2.22. The van der Waals surface area contributed by atoms with Crippen LogP contribution in [0.4, 0.5) is 0 Å². The summed E-state index contributed by atoms with van der Waals surface area (Å²) in [6.07, 6.45) is 6.62. The first-order chi connectivity index (χ1) is 15.8. The fourth-order valence-electron chi connectivity index (χ4n) is 3.59. The third kappa shape index (κ3) is 4.17. The normalized spacial score (nSPS) is 11.7. The molecule has 0 saturated heterocycles. The molecule has 9 nitrogen and oxygen atoms in total. The summed E-state index contributed by atoms with van der Waals surface area (Å²) in [5.41, 5.74) is 3.19. The standard InChI is InChI=1S/C23H19BN4O5/c1-28-10-19(26-12-28)13-2-4-16-18(8-13)25-7-6-20(16)33-14-3-5-15-17(11-32-21(15)9-14)22(29)27-23(24,30)31/h2-12,30-31H,24H2,1H3,(H,27,29). The first kappa shape index (κ1) is 20.7. The van der Waals surface area contributed by atoms with Crippen LogP contribution in [0.25, 0.3) is 33.1 Å². The van der Waals surface area contributed by atoms with E-state index >= 15 is 0 Å². The summed E-state index contributed by atoms with van der Waals surface area (Å²) in [6.45, 7) is 0. The lowest BCUT2D eigenvalue weighted by atomic mass is 10.0. The molecule has 0 radical (unpaired) electrons. The molecule has 0 spiro atoms. The predicted octanol–water partition coefficient (Wildman–Crippen LogP) is 2.13. The molecule has 164 valence electrons. The van der Waals surface area contributed by atoms with Crippen LogP contribution in [-0.2, 0) is 7.05 Å². The zero-order valence-electron chi connectivity index (χ0n) is 17.8. The molecular formula is C23H19BN4O5. The van der Waals surface area contributed by atoms with Gasteiger partial charge in [0.2, 0.25) is 7.85 Å². The highest BCUT2D eigenvalue weighted by molar-refractivity contribution is 6.16. The van der Waals surface area contributed by atoms with E-state index in [1.807, 2.05) is 36.0 Å². The predicted molar refractivity (Wildman–Crippen MR) is 123 cm³/mol. The third-order valence-corrected chi connectivity index (χ3v) is 5.07. The number of pyridine rings is 1. The Balaban J connectivity index is 1.44. The first-order valence-corrected chi connectivity index (χ1v) is 10.1. The van der Waals surface area contributed by atoms with Crippen LogP contribution < -0.4 is 10.1 Å². The Kier molecular flexibility index (Phi) is 4.88. The molecule has 0 bridgehead atoms. The summed E-state index contributed by atoms with van der Waals surface area (Å²) in [5, 5.41) is 22.2. The van der Waals surface area contributed by atoms with E-state index in [0.29, 0.717) is 22.5 Å². The Hall–Kier alpha value is -4.15. The fraction of sp³-hybridized carbons (Fsp3) is 0.0870. The van der Waals surface area contributed by atoms with Gasteiger partial charge in [-0.1, -0.05) is 6.07 Å². The zero-order valence-corrected chi connectivity index (χ0v) is 17.8. The maximum absolute atomic E-state index is 12.3. The van der Waals surface area contributed by atoms with E-state index in [2.05, 4.69) is 15.3 Å². The molecule has 5 aromatic rings. The van der Waals surface area contributed by atoms with Gasteiger partial charge in [0.25, 0.3) is 5.91 Å². The largest absolute Gasteiger partial charge is 0.463 e. The molecule has 1 amide bonds. The Labute approximate surface area is 188 Å². The number of furan rings is 1. The van der Waals surface area contributed by atoms with E-state index in [1.165, 1.54) is 6.26 Å². The van der Waals surface area contributed by atoms with E-state index in [4.69, 9.17) is 9.15 Å². The molecule has 0 aliphatic carbocycles. The van der Waals surface area contributed by atoms with E-state index in [0.717, 1.165) is 30.0 Å². The molecule has 2 aromatic carbocycles. The van der Waals surface area contributed by atoms with Crippen LogP contribution in [0.5, 0.6) is 11.5 Å². The van der Waals surface area contributed by atoms with E-state index in [9.17, 15) is 15.0 Å². The van der Waals surface area contributed by atoms with Gasteiger partial charge in [-0.3, -0.25) is 9.78 Å². The number of amides is 1. The second kappa shape index (κ2) is 7.77. The number of aliphatic hydroxyl groups is 2. The number of hydrogen-bond donors (Lipinski definition) is 3. The van der Waals surface area contributed by atoms with Crippen LogP contribution >= 0.6 is 0 Å². The lowest BCUT2D eigenvalue weighted by Gasteiger charge is -2.17. The Bertz CT molecular complexity index is 1500. The number of rotatable bonds is 5. The minimum atomic E-state index is -2.33. The number of aromatic nitrogens is 3. The van der Waals surface area contributed by atoms with Crippen LogP contribution in [0.15, 0.2) is 71.9 Å². The van der Waals surface area contributed by atoms with E-state index < -0.39 is 11.7 Å². The smallest absolute Gasteiger partial charge is 0.258 e. The number of nitrogens with one attached hydrogen (secondary N) is 1. The Morgan fingerprint density at radius 2 is 1.97 bits per heavy atom. The topological polar surface area (TPSA) is 123 Å². The summed E-state index contributed by atoms with van der Waals surface area (Å²) in [5.74, 6) is -1.87. The van der Waals surface area contributed by atoms with Gasteiger partial charge >= 0.3 is 0 Å². The quantitative estimate of drug-likeness (QED) is 0.282. The molecular weight excluding hydrogens is 423 g/mol. The average molecular weight is 442 g/mol. The van der Waals surface area contributed by atoms with Crippen LogP contribution in [-0.4, -0.2) is 44.3 Å². The van der Waals surface area contributed by atoms with Crippen LogP contribution in [0.2, 0.25) is 0 Å². The molecule has 3 heterocycles. The van der Waals surface area contributed by atoms with Gasteiger partial charge in [0.15, 0.2) is 5.81 Å². The number of hydrogen-bond acceptors (Lipinski definition) is 7. The monoisotopic (exact) mass is 442 g/mol. The number of imidazole rings is 1. The highest BCUT2D eigenvalue weighted by atomic mass is 16.5. The average Bonchev–Trinajstić information content (AvgIpc) is 3.38. The zero-order chi connectivity index (χ0) is 23.2. The van der Waals surface area contributed by atoms with Crippen LogP contribution in [0.3, 0.4) is 0 Å². The van der Waals surface area contributed by atoms with Crippen molar-refractivity contribution in [2.24, 2.45) is 7.05 Å². The van der Waals surface area contributed by atoms with Crippen molar-refractivity contribution >= 4 is 35.6 Å². The van der Waals surface area contributed by atoms with Crippen molar-refractivity contribution < 1.29 is 24.2 Å². The molecule has 3 aromatic heterocycles. The van der Waals surface area contributed by atoms with Gasteiger partial charge in [-0.25, -0.2) is 4.98 Å². The second-order valence-corrected chi connectivity index (χ2v) is 7.85. The van der Waals surface area contributed by atoms with E-state index in [1.54, 1.807) is 36.8 Å². The molecule has 0 aliphatic rings. The van der Waals surface area contributed by atoms with Crippen LogP contribution in [0.1, 0.15) is 10.4 Å². The minimum Gasteiger partial charge on any atom is -0.463 e. The third-order valence-electron chi connectivity index (χ3n) is 5.07. The number of carbonyl (C=O) groups excluding carboxylic acids is 1. The SMILES string of the molecule is BC(O)(O)NC(=O)c1coc2cc(Oc3ccnc4cc(-c5cn(C)cn5)ccc34)ccc12. The molecule has 3 N–H and O–H groups in total. The van der Waals surface area contributed by atoms with E-state index in [-0.39, 0.29) is 5.56 Å². The lowest BCUT2D eigenvalue weighted by Crippen LogP contribution is -2.48. The van der Waals surface area contributed by atoms with Gasteiger partial charge in [-0.15, -0.1) is 0 Å². The number of benzene rings is 2. The number of fused-ring (bicyclic) bond motifs is 2. The molecule has 33 heavy (non-hydrogen) atoms. The molecule has 0 aliphatic heterocycles. The summed E-state index contributed by atoms with van der Waals surface area (Å²) in [6, 6.07) is 12.7. The molecule has 0 unspecified atom stereocenters. The van der Waals surface area contributed by atoms with Gasteiger partial charge in [-0.05, 0) is 30.3 Å². The van der Waals surface area contributed by atoms with Crippen molar-refractivity contribution in [2.75, 3.05) is 0 Å². The Morgan fingerprint density at radius 1 is 1.15 bits per heavy atom. The molecule has 10 heteroatoms. The van der Waals surface area contributed by atoms with Crippen molar-refractivity contribution in [1.82, 2.24) is 19.9 Å². The lowest BCUT2D eigenvalue weighted by molar-refractivity contribution is -0.102. The van der Waals surface area contributed by atoms with Gasteiger partial charge in [0, 0.05) is 41.8 Å². The molecule has 0 fully saturated rings. The van der Waals surface area contributed by atoms with Gasteiger partial charge in [-0.2, -0.15) is 0 Å². The maximum Gasteiger partial charge on any atom is 0.258 e. The van der Waals surface area contributed by atoms with Crippen molar-refractivity contribution in [3.8, 4) is 22.8 Å². The van der Waals surface area contributed by atoms with Crippen molar-refractivity contribution in [3.63, 3.8) is 0 Å². The van der Waals surface area contributed by atoms with Gasteiger partial charge in [0.05, 0.1) is 23.1 Å². The van der Waals surface area contributed by atoms with Crippen molar-refractivity contribution in [2.45, 2.75) is 5.81 Å². The summed E-state index contributed by atoms with van der Waals surface area (Å²) < 4.78 is 13.5. The van der Waals surface area contributed by atoms with Crippen LogP contribution in [0, 0.1) is 0 Å². The molecule has 5 rings (SSSR count). The van der Waals surface area contributed by atoms with Gasteiger partial charge in [0.1, 0.15) is 23.3 Å². The second-order valence-electron chi connectivity index (χ2n) is 7.85. The number of ether oxygens (including phenoxy) is 1. The molecule has 0 saturated carbocycles. The molecule has 0 atom stereocenters. The fourth-order valence-corrected chi connectivity index (χ4v) is 3.59. The number of nitrogens with zero attached hydrogens (tertiary/aromatic N) is 3. The Morgan fingerprint density at radius 3 is 2.73 bits per heavy atom. The highest BCUT2D eigenvalue weighted by Crippen LogP contribution is 2.33. The van der Waals surface area contributed by atoms with Crippen molar-refractivity contribution in [1.29, 1.82) is 0 Å². The number of aryl methyl sites for hydroxylation is 1. The van der Waals surface area contributed by atoms with Crippen molar-refractivity contribution in [3.05, 3.63) is 73.0 Å². The number of carbonyl (C=O) groups is 1.